The Hall–Kier alpha value is -0.640. The fourth-order valence-electron chi connectivity index (χ4n) is 0.920. The normalized spacial score (nSPS) is 14.5. The molecule has 1 atom stereocenters. The molecule has 0 spiro atoms. The van der Waals surface area contributed by atoms with E-state index in [1.54, 1.807) is 0 Å². The third-order valence-electron chi connectivity index (χ3n) is 1.18. The summed E-state index contributed by atoms with van der Waals surface area (Å²) < 4.78 is 12.8. The van der Waals surface area contributed by atoms with Crippen molar-refractivity contribution in [3.05, 3.63) is 0 Å². The highest BCUT2D eigenvalue weighted by Gasteiger charge is 2.21. The van der Waals surface area contributed by atoms with Crippen LogP contribution in [0.5, 0.6) is 0 Å². The van der Waals surface area contributed by atoms with Gasteiger partial charge in [0.25, 0.3) is 0 Å². The van der Waals surface area contributed by atoms with E-state index in [9.17, 15) is 9.18 Å². The van der Waals surface area contributed by atoms with Crippen molar-refractivity contribution in [1.29, 1.82) is 0 Å². The van der Waals surface area contributed by atoms with Crippen LogP contribution in [0.3, 0.4) is 0 Å². The molecule has 0 aromatic heterocycles. The van der Waals surface area contributed by atoms with Crippen LogP contribution >= 0.6 is 0 Å². The zero-order valence-electron chi connectivity index (χ0n) is 6.80. The molecular formula is C7H14FNO2. The van der Waals surface area contributed by atoms with Gasteiger partial charge in [0.15, 0.2) is 0 Å². The number of hydrogen-bond acceptors (Lipinski definition) is 2. The first-order valence-corrected chi connectivity index (χ1v) is 3.47. The van der Waals surface area contributed by atoms with Crippen molar-refractivity contribution in [3.63, 3.8) is 0 Å². The highest BCUT2D eigenvalue weighted by Crippen LogP contribution is 2.16. The minimum Gasteiger partial charge on any atom is -0.481 e. The molecule has 0 heterocycles. The molecule has 4 heteroatoms. The number of aliphatic carboxylic acids is 1. The monoisotopic (exact) mass is 163 g/mol. The highest BCUT2D eigenvalue weighted by atomic mass is 19.1. The first-order valence-electron chi connectivity index (χ1n) is 3.47. The average molecular weight is 163 g/mol. The Morgan fingerprint density at radius 3 is 2.45 bits per heavy atom. The molecule has 0 unspecified atom stereocenters. The second kappa shape index (κ2) is 3.67. The van der Waals surface area contributed by atoms with Gasteiger partial charge < -0.3 is 10.8 Å². The number of alkyl halides is 1. The quantitative estimate of drug-likeness (QED) is 0.648. The average Bonchev–Trinajstić information content (AvgIpc) is 1.53. The van der Waals surface area contributed by atoms with Crippen molar-refractivity contribution in [2.75, 3.05) is 0 Å². The van der Waals surface area contributed by atoms with E-state index >= 15 is 0 Å². The van der Waals surface area contributed by atoms with Gasteiger partial charge in [-0.2, -0.15) is 0 Å². The van der Waals surface area contributed by atoms with Crippen molar-refractivity contribution in [3.8, 4) is 0 Å². The van der Waals surface area contributed by atoms with Crippen molar-refractivity contribution >= 4 is 5.97 Å². The molecule has 3 nitrogen and oxygen atoms in total. The topological polar surface area (TPSA) is 63.3 Å². The molecule has 0 saturated heterocycles. The van der Waals surface area contributed by atoms with E-state index in [0.29, 0.717) is 0 Å². The predicted octanol–water partition coefficient (Wildman–Crippen LogP) is 0.927. The molecule has 0 amide bonds. The van der Waals surface area contributed by atoms with Crippen molar-refractivity contribution in [1.82, 2.24) is 0 Å². The lowest BCUT2D eigenvalue weighted by Crippen LogP contribution is -2.31. The first-order chi connectivity index (χ1) is 4.81. The molecule has 0 fully saturated rings. The van der Waals surface area contributed by atoms with Gasteiger partial charge in [-0.15, -0.1) is 0 Å². The van der Waals surface area contributed by atoms with E-state index in [1.165, 1.54) is 13.8 Å². The Morgan fingerprint density at radius 1 is 1.73 bits per heavy atom. The van der Waals surface area contributed by atoms with Gasteiger partial charge >= 0.3 is 5.97 Å². The van der Waals surface area contributed by atoms with Crippen LogP contribution in [0, 0.1) is 0 Å². The summed E-state index contributed by atoms with van der Waals surface area (Å²) in [7, 11) is 0. The number of carbonyl (C=O) groups is 1. The molecule has 0 rings (SSSR count). The zero-order valence-corrected chi connectivity index (χ0v) is 6.80. The lowest BCUT2D eigenvalue weighted by Gasteiger charge is -2.17. The van der Waals surface area contributed by atoms with Crippen molar-refractivity contribution in [2.24, 2.45) is 5.73 Å². The number of rotatable bonds is 4. The van der Waals surface area contributed by atoms with Crippen LogP contribution in [0.25, 0.3) is 0 Å². The van der Waals surface area contributed by atoms with Gasteiger partial charge in [-0.1, -0.05) is 0 Å². The van der Waals surface area contributed by atoms with E-state index in [4.69, 9.17) is 10.8 Å². The number of hydrogen-bond donors (Lipinski definition) is 2. The number of nitrogens with two attached hydrogens (primary N) is 1. The third kappa shape index (κ3) is 7.25. The second-order valence-corrected chi connectivity index (χ2v) is 3.28. The van der Waals surface area contributed by atoms with E-state index in [2.05, 4.69) is 0 Å². The van der Waals surface area contributed by atoms with Crippen molar-refractivity contribution in [2.45, 2.75) is 38.4 Å². The Labute approximate surface area is 65.4 Å². The molecule has 0 radical (unpaired) electrons. The summed E-state index contributed by atoms with van der Waals surface area (Å²) >= 11 is 0. The van der Waals surface area contributed by atoms with Gasteiger partial charge in [0.05, 0.1) is 6.42 Å². The summed E-state index contributed by atoms with van der Waals surface area (Å²) in [4.78, 5) is 10.1. The maximum absolute atomic E-state index is 12.8. The summed E-state index contributed by atoms with van der Waals surface area (Å²) in [6, 6.07) is -0.590. The number of carboxylic acid groups (broad SMARTS) is 1. The molecule has 0 saturated carbocycles. The van der Waals surface area contributed by atoms with Crippen LogP contribution in [0.15, 0.2) is 0 Å². The second-order valence-electron chi connectivity index (χ2n) is 3.28. The molecule has 0 bridgehead atoms. The molecule has 11 heavy (non-hydrogen) atoms. The molecule has 3 N–H and O–H groups in total. The van der Waals surface area contributed by atoms with Gasteiger partial charge in [-0.3, -0.25) is 4.79 Å². The molecule has 0 aliphatic heterocycles. The summed E-state index contributed by atoms with van der Waals surface area (Å²) in [5, 5.41) is 8.28. The van der Waals surface area contributed by atoms with Gasteiger partial charge in [0, 0.05) is 6.04 Å². The lowest BCUT2D eigenvalue weighted by atomic mass is 9.99. The molecule has 0 aromatic rings. The smallest absolute Gasteiger partial charge is 0.304 e. The molecular weight excluding hydrogens is 149 g/mol. The largest absolute Gasteiger partial charge is 0.481 e. The molecule has 0 aliphatic rings. The fourth-order valence-corrected chi connectivity index (χ4v) is 0.920. The summed E-state index contributed by atoms with van der Waals surface area (Å²) in [6.45, 7) is 2.77. The first kappa shape index (κ1) is 10.4. The van der Waals surface area contributed by atoms with Gasteiger partial charge in [0.2, 0.25) is 0 Å². The predicted molar refractivity (Wildman–Crippen MR) is 40.0 cm³/mol. The van der Waals surface area contributed by atoms with Crippen molar-refractivity contribution < 1.29 is 14.3 Å². The Balaban J connectivity index is 3.69. The fraction of sp³-hybridized carbons (Fsp3) is 0.857. The van der Waals surface area contributed by atoms with Gasteiger partial charge in [0.1, 0.15) is 5.67 Å². The van der Waals surface area contributed by atoms with E-state index in [0.717, 1.165) is 0 Å². The summed E-state index contributed by atoms with van der Waals surface area (Å²) in [5.41, 5.74) is 3.96. The van der Waals surface area contributed by atoms with Gasteiger partial charge in [-0.05, 0) is 20.3 Å². The van der Waals surface area contributed by atoms with Crippen LogP contribution in [0.4, 0.5) is 4.39 Å². The van der Waals surface area contributed by atoms with Crippen LogP contribution in [-0.4, -0.2) is 22.8 Å². The lowest BCUT2D eigenvalue weighted by molar-refractivity contribution is -0.137. The number of halogens is 1. The minimum atomic E-state index is -1.38. The van der Waals surface area contributed by atoms with Crippen LogP contribution < -0.4 is 5.73 Å². The molecule has 66 valence electrons. The Kier molecular flexibility index (Phi) is 3.45. The van der Waals surface area contributed by atoms with E-state index in [-0.39, 0.29) is 12.8 Å². The van der Waals surface area contributed by atoms with E-state index < -0.39 is 17.7 Å². The zero-order chi connectivity index (χ0) is 9.07. The standard InChI is InChI=1S/C7H14FNO2/c1-7(2,8)4-5(9)3-6(10)11/h5H,3-4,9H2,1-2H3,(H,10,11)/t5-/m1/s1. The Bertz CT molecular complexity index is 142. The highest BCUT2D eigenvalue weighted by molar-refractivity contribution is 5.67. The van der Waals surface area contributed by atoms with Crippen LogP contribution in [0.2, 0.25) is 0 Å². The minimum absolute atomic E-state index is 0.0826. The van der Waals surface area contributed by atoms with Gasteiger partial charge in [-0.25, -0.2) is 4.39 Å². The van der Waals surface area contributed by atoms with Crippen LogP contribution in [-0.2, 0) is 4.79 Å². The van der Waals surface area contributed by atoms with E-state index in [1.807, 2.05) is 0 Å². The SMILES string of the molecule is CC(C)(F)C[C@H](N)CC(=O)O. The summed E-state index contributed by atoms with van der Waals surface area (Å²) in [6.07, 6.45) is -0.0906. The maximum atomic E-state index is 12.8. The summed E-state index contributed by atoms with van der Waals surface area (Å²) in [5.74, 6) is -0.984. The molecule has 0 aliphatic carbocycles. The molecule has 0 aromatic carbocycles. The van der Waals surface area contributed by atoms with Crippen LogP contribution in [0.1, 0.15) is 26.7 Å². The number of carboxylic acids is 1. The maximum Gasteiger partial charge on any atom is 0.304 e. The Morgan fingerprint density at radius 2 is 2.18 bits per heavy atom. The third-order valence-corrected chi connectivity index (χ3v) is 1.18.